The predicted molar refractivity (Wildman–Crippen MR) is 63.3 cm³/mol. The summed E-state index contributed by atoms with van der Waals surface area (Å²) in [6.45, 7) is 11.6. The van der Waals surface area contributed by atoms with Crippen molar-refractivity contribution in [2.45, 2.75) is 59.6 Å². The molecule has 0 fully saturated rings. The maximum absolute atomic E-state index is 11.7. The smallest absolute Gasteiger partial charge is 0.331 e. The molecule has 0 amide bonds. The topological polar surface area (TPSA) is 38.7 Å². The third-order valence-electron chi connectivity index (χ3n) is 1.70. The van der Waals surface area contributed by atoms with Gasteiger partial charge in [-0.2, -0.15) is 0 Å². The lowest BCUT2D eigenvalue weighted by Gasteiger charge is -2.22. The summed E-state index contributed by atoms with van der Waals surface area (Å²) in [5, 5.41) is 0. The molecule has 1 atom stereocenters. The number of nitrogens with zero attached hydrogens (tertiary/aromatic N) is 1. The molecule has 0 heterocycles. The Hall–Kier alpha value is -0.860. The first-order chi connectivity index (χ1) is 6.76. The molecule has 0 radical (unpaired) electrons. The number of aliphatic imine (C=N–C) groups is 1. The minimum Gasteiger partial charge on any atom is -0.458 e. The molecule has 0 aliphatic rings. The molecule has 0 aliphatic heterocycles. The molecular formula is C12H23NO2. The largest absolute Gasteiger partial charge is 0.458 e. The van der Waals surface area contributed by atoms with Gasteiger partial charge in [-0.15, -0.1) is 0 Å². The lowest BCUT2D eigenvalue weighted by Crippen LogP contribution is -2.31. The second-order valence-electron chi connectivity index (χ2n) is 5.09. The fourth-order valence-electron chi connectivity index (χ4n) is 1.21. The first-order valence-electron chi connectivity index (χ1n) is 5.47. The van der Waals surface area contributed by atoms with Crippen molar-refractivity contribution in [2.24, 2.45) is 10.9 Å². The summed E-state index contributed by atoms with van der Waals surface area (Å²) in [5.74, 6) is 0.209. The number of hydrogen-bond acceptors (Lipinski definition) is 3. The van der Waals surface area contributed by atoms with E-state index in [0.717, 1.165) is 6.42 Å². The first-order valence-corrected chi connectivity index (χ1v) is 5.47. The van der Waals surface area contributed by atoms with Gasteiger partial charge in [0.2, 0.25) is 0 Å². The van der Waals surface area contributed by atoms with Gasteiger partial charge in [-0.05, 0) is 46.2 Å². The molecule has 0 saturated heterocycles. The highest BCUT2D eigenvalue weighted by atomic mass is 16.6. The summed E-state index contributed by atoms with van der Waals surface area (Å²) in [5.41, 5.74) is -0.435. The molecule has 0 bridgehead atoms. The highest BCUT2D eigenvalue weighted by Crippen LogP contribution is 2.14. The fourth-order valence-corrected chi connectivity index (χ4v) is 1.21. The van der Waals surface area contributed by atoms with E-state index >= 15 is 0 Å². The van der Waals surface area contributed by atoms with Gasteiger partial charge >= 0.3 is 5.97 Å². The minimum absolute atomic E-state index is 0.227. The summed E-state index contributed by atoms with van der Waals surface area (Å²) < 4.78 is 5.30. The van der Waals surface area contributed by atoms with Gasteiger partial charge in [-0.25, -0.2) is 4.79 Å². The molecule has 0 rings (SSSR count). The van der Waals surface area contributed by atoms with E-state index in [0.29, 0.717) is 5.92 Å². The van der Waals surface area contributed by atoms with Crippen molar-refractivity contribution < 1.29 is 9.53 Å². The van der Waals surface area contributed by atoms with Crippen molar-refractivity contribution in [3.63, 3.8) is 0 Å². The number of esters is 1. The number of hydrogen-bond donors (Lipinski definition) is 0. The van der Waals surface area contributed by atoms with E-state index in [9.17, 15) is 4.79 Å². The first kappa shape index (κ1) is 14.1. The van der Waals surface area contributed by atoms with Crippen molar-refractivity contribution in [1.29, 1.82) is 0 Å². The number of carbonyl (C=O) groups excluding carboxylic acids is 1. The molecule has 0 aromatic heterocycles. The maximum atomic E-state index is 11.7. The number of carbonyl (C=O) groups is 1. The molecular weight excluding hydrogens is 190 g/mol. The van der Waals surface area contributed by atoms with Crippen LogP contribution >= 0.6 is 0 Å². The lowest BCUT2D eigenvalue weighted by molar-refractivity contribution is -0.156. The third kappa shape index (κ3) is 7.11. The normalized spacial score (nSPS) is 14.6. The maximum Gasteiger partial charge on any atom is 0.331 e. The van der Waals surface area contributed by atoms with Crippen LogP contribution in [0.5, 0.6) is 0 Å². The number of rotatable bonds is 4. The quantitative estimate of drug-likeness (QED) is 0.532. The Balaban J connectivity index is 4.42. The second kappa shape index (κ2) is 5.89. The van der Waals surface area contributed by atoms with Gasteiger partial charge < -0.3 is 4.74 Å². The SMILES string of the molecule is C/C=N/C(CC(C)C)C(=O)OC(C)(C)C. The summed E-state index contributed by atoms with van der Waals surface area (Å²) in [4.78, 5) is 15.9. The molecule has 0 aromatic rings. The van der Waals surface area contributed by atoms with E-state index in [1.165, 1.54) is 0 Å². The van der Waals surface area contributed by atoms with E-state index in [-0.39, 0.29) is 12.0 Å². The molecule has 0 aromatic carbocycles. The monoisotopic (exact) mass is 213 g/mol. The zero-order valence-electron chi connectivity index (χ0n) is 10.7. The Morgan fingerprint density at radius 3 is 2.27 bits per heavy atom. The van der Waals surface area contributed by atoms with Crippen molar-refractivity contribution >= 4 is 12.2 Å². The van der Waals surface area contributed by atoms with Crippen LogP contribution in [-0.2, 0) is 9.53 Å². The molecule has 0 N–H and O–H groups in total. The fraction of sp³-hybridized carbons (Fsp3) is 0.833. The minimum atomic E-state index is -0.435. The average molecular weight is 213 g/mol. The number of ether oxygens (including phenoxy) is 1. The van der Waals surface area contributed by atoms with E-state index in [1.54, 1.807) is 6.21 Å². The Labute approximate surface area is 92.9 Å². The van der Waals surface area contributed by atoms with Crippen LogP contribution in [0.15, 0.2) is 4.99 Å². The van der Waals surface area contributed by atoms with Crippen molar-refractivity contribution in [3.05, 3.63) is 0 Å². The van der Waals surface area contributed by atoms with Crippen molar-refractivity contribution in [2.75, 3.05) is 0 Å². The van der Waals surface area contributed by atoms with Crippen molar-refractivity contribution in [1.82, 2.24) is 0 Å². The summed E-state index contributed by atoms with van der Waals surface area (Å²) in [7, 11) is 0. The molecule has 1 unspecified atom stereocenters. The molecule has 0 spiro atoms. The van der Waals surface area contributed by atoms with E-state index in [4.69, 9.17) is 4.74 Å². The van der Waals surface area contributed by atoms with Gasteiger partial charge in [-0.3, -0.25) is 4.99 Å². The summed E-state index contributed by atoms with van der Waals surface area (Å²) >= 11 is 0. The van der Waals surface area contributed by atoms with Crippen molar-refractivity contribution in [3.8, 4) is 0 Å². The van der Waals surface area contributed by atoms with Crippen LogP contribution in [0.2, 0.25) is 0 Å². The van der Waals surface area contributed by atoms with E-state index < -0.39 is 5.60 Å². The van der Waals surface area contributed by atoms with Gasteiger partial charge in [0.05, 0.1) is 0 Å². The Kier molecular flexibility index (Phi) is 5.55. The van der Waals surface area contributed by atoms with Gasteiger partial charge in [0.15, 0.2) is 0 Å². The van der Waals surface area contributed by atoms with Crippen LogP contribution in [0.1, 0.15) is 48.0 Å². The Bertz CT molecular complexity index is 226. The Morgan fingerprint density at radius 1 is 1.40 bits per heavy atom. The molecule has 0 saturated carbocycles. The van der Waals surface area contributed by atoms with Crippen LogP contribution < -0.4 is 0 Å². The van der Waals surface area contributed by atoms with E-state index in [2.05, 4.69) is 18.8 Å². The second-order valence-corrected chi connectivity index (χ2v) is 5.09. The highest BCUT2D eigenvalue weighted by molar-refractivity contribution is 5.78. The van der Waals surface area contributed by atoms with Crippen LogP contribution in [0.4, 0.5) is 0 Å². The zero-order chi connectivity index (χ0) is 12.1. The van der Waals surface area contributed by atoms with Crippen LogP contribution in [0.3, 0.4) is 0 Å². The predicted octanol–water partition coefficient (Wildman–Crippen LogP) is 2.83. The molecule has 88 valence electrons. The van der Waals surface area contributed by atoms with Crippen LogP contribution in [0.25, 0.3) is 0 Å². The van der Waals surface area contributed by atoms with Gasteiger partial charge in [0, 0.05) is 0 Å². The van der Waals surface area contributed by atoms with Gasteiger partial charge in [0.25, 0.3) is 0 Å². The van der Waals surface area contributed by atoms with Gasteiger partial charge in [0.1, 0.15) is 11.6 Å². The van der Waals surface area contributed by atoms with E-state index in [1.807, 2.05) is 27.7 Å². The zero-order valence-corrected chi connectivity index (χ0v) is 10.7. The van der Waals surface area contributed by atoms with Gasteiger partial charge in [-0.1, -0.05) is 13.8 Å². The van der Waals surface area contributed by atoms with Crippen LogP contribution in [-0.4, -0.2) is 23.8 Å². The Morgan fingerprint density at radius 2 is 1.93 bits per heavy atom. The molecule has 0 aliphatic carbocycles. The molecule has 3 heteroatoms. The summed E-state index contributed by atoms with van der Waals surface area (Å²) in [6.07, 6.45) is 2.40. The molecule has 3 nitrogen and oxygen atoms in total. The van der Waals surface area contributed by atoms with Crippen LogP contribution in [0, 0.1) is 5.92 Å². The third-order valence-corrected chi connectivity index (χ3v) is 1.70. The standard InChI is InChI=1S/C12H23NO2/c1-7-13-10(8-9(2)3)11(14)15-12(4,5)6/h7,9-10H,8H2,1-6H3/b13-7+. The lowest BCUT2D eigenvalue weighted by atomic mass is 10.0. The average Bonchev–Trinajstić information content (AvgIpc) is 1.99. The summed E-state index contributed by atoms with van der Waals surface area (Å²) in [6, 6.07) is -0.353. The molecule has 15 heavy (non-hydrogen) atoms. The highest BCUT2D eigenvalue weighted by Gasteiger charge is 2.24.